The monoisotopic (exact) mass is 254 g/mol. The largest absolute Gasteiger partial charge is 0.507 e. The molecule has 19 heavy (non-hydrogen) atoms. The lowest BCUT2D eigenvalue weighted by Crippen LogP contribution is -2.31. The number of phenols is 1. The summed E-state index contributed by atoms with van der Waals surface area (Å²) in [6.07, 6.45) is 9.37. The summed E-state index contributed by atoms with van der Waals surface area (Å²) in [5.74, 6) is 0.176. The van der Waals surface area contributed by atoms with Gasteiger partial charge in [0.15, 0.2) is 0 Å². The first-order chi connectivity index (χ1) is 9.18. The van der Waals surface area contributed by atoms with Crippen molar-refractivity contribution in [3.63, 3.8) is 0 Å². The van der Waals surface area contributed by atoms with Crippen LogP contribution < -0.4 is 10.6 Å². The standard InChI is InChI=1S/C15H14N2O2/c16-15(19)17-9-8-10-4-1-2-5-11(10)14-12(17)6-3-7-13(14)18/h1,3-4,6-9,18H,2,5H2,(H2,16,19). The van der Waals surface area contributed by atoms with E-state index in [2.05, 4.69) is 6.08 Å². The van der Waals surface area contributed by atoms with Crippen molar-refractivity contribution < 1.29 is 9.90 Å². The van der Waals surface area contributed by atoms with Crippen molar-refractivity contribution in [2.75, 3.05) is 4.90 Å². The number of hydrogen-bond donors (Lipinski definition) is 2. The minimum absolute atomic E-state index is 0.176. The van der Waals surface area contributed by atoms with Gasteiger partial charge >= 0.3 is 6.03 Å². The zero-order valence-corrected chi connectivity index (χ0v) is 10.3. The molecule has 0 saturated carbocycles. The van der Waals surface area contributed by atoms with Gasteiger partial charge < -0.3 is 10.8 Å². The Morgan fingerprint density at radius 2 is 2.16 bits per heavy atom. The number of hydrogen-bond acceptors (Lipinski definition) is 2. The molecule has 4 heteroatoms. The number of phenolic OH excluding ortho intramolecular Hbond substituents is 1. The molecule has 3 rings (SSSR count). The third-order valence-corrected chi connectivity index (χ3v) is 3.43. The number of carbonyl (C=O) groups is 1. The van der Waals surface area contributed by atoms with E-state index in [0.717, 1.165) is 24.0 Å². The summed E-state index contributed by atoms with van der Waals surface area (Å²) < 4.78 is 0. The van der Waals surface area contributed by atoms with Gasteiger partial charge in [0.1, 0.15) is 5.75 Å². The van der Waals surface area contributed by atoms with Crippen LogP contribution in [0.1, 0.15) is 18.4 Å². The number of benzene rings is 1. The van der Waals surface area contributed by atoms with E-state index in [4.69, 9.17) is 5.73 Å². The Kier molecular flexibility index (Phi) is 2.63. The van der Waals surface area contributed by atoms with Crippen molar-refractivity contribution in [2.45, 2.75) is 12.8 Å². The molecule has 1 aromatic rings. The first kappa shape index (κ1) is 11.6. The highest BCUT2D eigenvalue weighted by molar-refractivity contribution is 5.99. The summed E-state index contributed by atoms with van der Waals surface area (Å²) in [6.45, 7) is 0. The SMILES string of the molecule is NC(=O)N1C=CC2=C(CCC=C2)c2c(O)cccc21. The van der Waals surface area contributed by atoms with Crippen molar-refractivity contribution in [3.8, 4) is 5.75 Å². The number of aromatic hydroxyl groups is 1. The number of fused-ring (bicyclic) bond motifs is 2. The van der Waals surface area contributed by atoms with Gasteiger partial charge in [-0.15, -0.1) is 0 Å². The van der Waals surface area contributed by atoms with Crippen LogP contribution in [-0.4, -0.2) is 11.1 Å². The van der Waals surface area contributed by atoms with E-state index in [1.165, 1.54) is 4.90 Å². The number of rotatable bonds is 0. The molecule has 0 radical (unpaired) electrons. The van der Waals surface area contributed by atoms with Crippen LogP contribution >= 0.6 is 0 Å². The fourth-order valence-corrected chi connectivity index (χ4v) is 2.57. The van der Waals surface area contributed by atoms with Crippen LogP contribution in [0.2, 0.25) is 0 Å². The number of anilines is 1. The Hall–Kier alpha value is -2.49. The van der Waals surface area contributed by atoms with Gasteiger partial charge in [0.25, 0.3) is 0 Å². The molecule has 0 atom stereocenters. The third kappa shape index (κ3) is 1.81. The first-order valence-corrected chi connectivity index (χ1v) is 6.17. The van der Waals surface area contributed by atoms with Crippen LogP contribution in [0, 0.1) is 0 Å². The van der Waals surface area contributed by atoms with Crippen LogP contribution in [0.15, 0.2) is 48.2 Å². The maximum atomic E-state index is 11.6. The lowest BCUT2D eigenvalue weighted by Gasteiger charge is -2.20. The van der Waals surface area contributed by atoms with Gasteiger partial charge in [0.05, 0.1) is 5.69 Å². The molecule has 3 N–H and O–H groups in total. The molecule has 2 amide bonds. The number of nitrogens with zero attached hydrogens (tertiary/aromatic N) is 1. The van der Waals surface area contributed by atoms with Crippen LogP contribution in [0.5, 0.6) is 5.75 Å². The first-order valence-electron chi connectivity index (χ1n) is 6.17. The minimum atomic E-state index is -0.563. The van der Waals surface area contributed by atoms with E-state index >= 15 is 0 Å². The van der Waals surface area contributed by atoms with Gasteiger partial charge in [-0.05, 0) is 42.2 Å². The number of urea groups is 1. The Morgan fingerprint density at radius 1 is 1.32 bits per heavy atom. The molecule has 1 aliphatic carbocycles. The third-order valence-electron chi connectivity index (χ3n) is 3.43. The van der Waals surface area contributed by atoms with Gasteiger partial charge in [0.2, 0.25) is 0 Å². The Morgan fingerprint density at radius 3 is 2.95 bits per heavy atom. The predicted molar refractivity (Wildman–Crippen MR) is 74.6 cm³/mol. The molecule has 0 aromatic heterocycles. The zero-order chi connectivity index (χ0) is 13.4. The van der Waals surface area contributed by atoms with Crippen molar-refractivity contribution in [1.29, 1.82) is 0 Å². The van der Waals surface area contributed by atoms with E-state index in [-0.39, 0.29) is 5.75 Å². The van der Waals surface area contributed by atoms with Crippen molar-refractivity contribution in [3.05, 3.63) is 53.8 Å². The fraction of sp³-hybridized carbons (Fsp3) is 0.133. The van der Waals surface area contributed by atoms with Gasteiger partial charge in [0, 0.05) is 11.8 Å². The minimum Gasteiger partial charge on any atom is -0.507 e. The van der Waals surface area contributed by atoms with E-state index < -0.39 is 6.03 Å². The molecule has 0 unspecified atom stereocenters. The molecule has 0 bridgehead atoms. The summed E-state index contributed by atoms with van der Waals surface area (Å²) in [4.78, 5) is 12.9. The van der Waals surface area contributed by atoms with Crippen molar-refractivity contribution >= 4 is 17.3 Å². The second kappa shape index (κ2) is 4.31. The molecule has 1 aliphatic heterocycles. The lowest BCUT2D eigenvalue weighted by atomic mass is 9.90. The number of nitrogens with two attached hydrogens (primary N) is 1. The summed E-state index contributed by atoms with van der Waals surface area (Å²) in [5, 5.41) is 10.2. The van der Waals surface area contributed by atoms with Crippen LogP contribution in [0.3, 0.4) is 0 Å². The molecule has 0 saturated heterocycles. The average Bonchev–Trinajstić information content (AvgIpc) is 2.56. The molecule has 0 fully saturated rings. The number of amides is 2. The molecule has 96 valence electrons. The summed E-state index contributed by atoms with van der Waals surface area (Å²) in [5.41, 5.74) is 8.80. The van der Waals surface area contributed by atoms with Crippen LogP contribution in [0.4, 0.5) is 10.5 Å². The van der Waals surface area contributed by atoms with Crippen molar-refractivity contribution in [1.82, 2.24) is 0 Å². The zero-order valence-electron chi connectivity index (χ0n) is 10.3. The molecule has 1 aromatic carbocycles. The normalized spacial score (nSPS) is 16.9. The van der Waals surface area contributed by atoms with E-state index in [1.807, 2.05) is 12.2 Å². The topological polar surface area (TPSA) is 66.6 Å². The lowest BCUT2D eigenvalue weighted by molar-refractivity contribution is 0.256. The smallest absolute Gasteiger partial charge is 0.323 e. The molecular weight excluding hydrogens is 240 g/mol. The van der Waals surface area contributed by atoms with Gasteiger partial charge in [-0.1, -0.05) is 18.2 Å². The van der Waals surface area contributed by atoms with E-state index in [0.29, 0.717) is 11.3 Å². The Balaban J connectivity index is 2.29. The van der Waals surface area contributed by atoms with Crippen LogP contribution in [-0.2, 0) is 0 Å². The summed E-state index contributed by atoms with van der Waals surface area (Å²) in [7, 11) is 0. The number of primary amides is 1. The van der Waals surface area contributed by atoms with Gasteiger partial charge in [-0.2, -0.15) is 0 Å². The summed E-state index contributed by atoms with van der Waals surface area (Å²) in [6, 6.07) is 4.57. The second-order valence-corrected chi connectivity index (χ2v) is 4.57. The molecule has 2 aliphatic rings. The highest BCUT2D eigenvalue weighted by atomic mass is 16.3. The second-order valence-electron chi connectivity index (χ2n) is 4.57. The van der Waals surface area contributed by atoms with E-state index in [9.17, 15) is 9.90 Å². The fourth-order valence-electron chi connectivity index (χ4n) is 2.57. The van der Waals surface area contributed by atoms with Gasteiger partial charge in [-0.3, -0.25) is 4.90 Å². The van der Waals surface area contributed by atoms with Crippen LogP contribution in [0.25, 0.3) is 5.57 Å². The molecule has 1 heterocycles. The van der Waals surface area contributed by atoms with Gasteiger partial charge in [-0.25, -0.2) is 4.79 Å². The molecular formula is C15H14N2O2. The van der Waals surface area contributed by atoms with Crippen molar-refractivity contribution in [2.24, 2.45) is 5.73 Å². The maximum Gasteiger partial charge on any atom is 0.323 e. The quantitative estimate of drug-likeness (QED) is 0.747. The average molecular weight is 254 g/mol. The summed E-state index contributed by atoms with van der Waals surface area (Å²) >= 11 is 0. The number of allylic oxidation sites excluding steroid dienone is 5. The predicted octanol–water partition coefficient (Wildman–Crippen LogP) is 2.91. The highest BCUT2D eigenvalue weighted by Crippen LogP contribution is 2.42. The molecule has 4 nitrogen and oxygen atoms in total. The highest BCUT2D eigenvalue weighted by Gasteiger charge is 2.23. The Labute approximate surface area is 111 Å². The Bertz CT molecular complexity index is 642. The van der Waals surface area contributed by atoms with E-state index in [1.54, 1.807) is 24.4 Å². The molecule has 0 spiro atoms. The maximum absolute atomic E-state index is 11.6. The number of carbonyl (C=O) groups excluding carboxylic acids is 1.